The summed E-state index contributed by atoms with van der Waals surface area (Å²) >= 11 is 0. The molecule has 0 aliphatic carbocycles. The molecule has 0 aliphatic rings. The van der Waals surface area contributed by atoms with E-state index in [-0.39, 0.29) is 61.9 Å². The smallest absolute Gasteiger partial charge is 0.336 e. The Morgan fingerprint density at radius 3 is 2.00 bits per heavy atom. The second-order valence-electron chi connectivity index (χ2n) is 4.29. The number of carbonyl (C=O) groups is 2. The Bertz CT molecular complexity index is 526. The van der Waals surface area contributed by atoms with Gasteiger partial charge >= 0.3 is 11.9 Å². The van der Waals surface area contributed by atoms with Crippen LogP contribution in [0.3, 0.4) is 0 Å². The first-order valence-corrected chi connectivity index (χ1v) is 6.51. The number of ether oxygens (including phenoxy) is 2. The van der Waals surface area contributed by atoms with Crippen molar-refractivity contribution in [3.8, 4) is 0 Å². The van der Waals surface area contributed by atoms with E-state index >= 15 is 0 Å². The number of hydrogen-bond donors (Lipinski definition) is 4. The van der Waals surface area contributed by atoms with Crippen molar-refractivity contribution in [2.24, 2.45) is 0 Å². The minimum absolute atomic E-state index is 0.0125. The van der Waals surface area contributed by atoms with E-state index in [0.29, 0.717) is 0 Å². The molecule has 0 amide bonds. The van der Waals surface area contributed by atoms with E-state index in [0.717, 1.165) is 0 Å². The largest absolute Gasteiger partial charge is 0.478 e. The lowest BCUT2D eigenvalue weighted by Gasteiger charge is -2.14. The maximum absolute atomic E-state index is 11.5. The molecule has 0 aliphatic heterocycles. The van der Waals surface area contributed by atoms with Gasteiger partial charge in [-0.25, -0.2) is 9.59 Å². The van der Waals surface area contributed by atoms with Crippen LogP contribution in [0.5, 0.6) is 0 Å². The maximum atomic E-state index is 11.5. The van der Waals surface area contributed by atoms with E-state index in [1.807, 2.05) is 0 Å². The molecule has 0 spiro atoms. The molecule has 0 aromatic heterocycles. The SMILES string of the molecule is O=C(O)c1ccc(COCCO)c(C(=O)O)c1COCCO. The third-order valence-corrected chi connectivity index (χ3v) is 2.82. The van der Waals surface area contributed by atoms with Crippen molar-refractivity contribution >= 4 is 11.9 Å². The van der Waals surface area contributed by atoms with Gasteiger partial charge in [-0.2, -0.15) is 0 Å². The zero-order valence-corrected chi connectivity index (χ0v) is 11.8. The zero-order valence-electron chi connectivity index (χ0n) is 11.8. The first kappa shape index (κ1) is 18.1. The molecule has 8 heteroatoms. The third-order valence-electron chi connectivity index (χ3n) is 2.82. The topological polar surface area (TPSA) is 134 Å². The quantitative estimate of drug-likeness (QED) is 0.447. The first-order valence-electron chi connectivity index (χ1n) is 6.51. The summed E-state index contributed by atoms with van der Waals surface area (Å²) in [5, 5.41) is 35.9. The molecule has 0 bridgehead atoms. The number of carboxylic acids is 2. The first-order chi connectivity index (χ1) is 10.5. The molecule has 0 saturated carbocycles. The molecule has 122 valence electrons. The number of aliphatic hydroxyl groups excluding tert-OH is 2. The predicted octanol–water partition coefficient (Wildman–Crippen LogP) is 0.101. The van der Waals surface area contributed by atoms with Gasteiger partial charge in [0.05, 0.1) is 50.8 Å². The van der Waals surface area contributed by atoms with E-state index < -0.39 is 11.9 Å². The molecular weight excluding hydrogens is 296 g/mol. The van der Waals surface area contributed by atoms with Crippen molar-refractivity contribution in [3.05, 3.63) is 34.4 Å². The van der Waals surface area contributed by atoms with E-state index in [1.54, 1.807) is 0 Å². The lowest BCUT2D eigenvalue weighted by atomic mass is 9.96. The number of aliphatic hydroxyl groups is 2. The van der Waals surface area contributed by atoms with E-state index in [2.05, 4.69) is 0 Å². The van der Waals surface area contributed by atoms with Crippen molar-refractivity contribution in [3.63, 3.8) is 0 Å². The fraction of sp³-hybridized carbons (Fsp3) is 0.429. The highest BCUT2D eigenvalue weighted by Crippen LogP contribution is 2.22. The Balaban J connectivity index is 3.21. The Morgan fingerprint density at radius 1 is 0.909 bits per heavy atom. The van der Waals surface area contributed by atoms with Gasteiger partial charge in [0, 0.05) is 5.56 Å². The van der Waals surface area contributed by atoms with Crippen LogP contribution < -0.4 is 0 Å². The summed E-state index contributed by atoms with van der Waals surface area (Å²) in [6.45, 7) is -0.793. The summed E-state index contributed by atoms with van der Waals surface area (Å²) in [6, 6.07) is 2.64. The predicted molar refractivity (Wildman–Crippen MR) is 73.8 cm³/mol. The van der Waals surface area contributed by atoms with E-state index in [9.17, 15) is 19.8 Å². The summed E-state index contributed by atoms with van der Waals surface area (Å²) in [7, 11) is 0. The van der Waals surface area contributed by atoms with Gasteiger partial charge in [-0.05, 0) is 11.6 Å². The second-order valence-corrected chi connectivity index (χ2v) is 4.29. The van der Waals surface area contributed by atoms with Crippen LogP contribution in [0.2, 0.25) is 0 Å². The van der Waals surface area contributed by atoms with Gasteiger partial charge in [0.15, 0.2) is 0 Å². The Labute approximate surface area is 126 Å². The van der Waals surface area contributed by atoms with Crippen LogP contribution in [0.25, 0.3) is 0 Å². The van der Waals surface area contributed by atoms with Gasteiger partial charge < -0.3 is 29.9 Å². The average Bonchev–Trinajstić information content (AvgIpc) is 2.47. The minimum Gasteiger partial charge on any atom is -0.478 e. The van der Waals surface area contributed by atoms with Crippen molar-refractivity contribution in [2.75, 3.05) is 26.4 Å². The molecule has 1 aromatic rings. The number of benzene rings is 1. The summed E-state index contributed by atoms with van der Waals surface area (Å²) in [5.74, 6) is -2.57. The number of rotatable bonds is 10. The number of carboxylic acid groups (broad SMARTS) is 2. The normalized spacial score (nSPS) is 10.6. The molecule has 8 nitrogen and oxygen atoms in total. The summed E-state index contributed by atoms with van der Waals surface area (Å²) in [6.07, 6.45) is 0. The number of aromatic carboxylic acids is 2. The molecule has 0 heterocycles. The zero-order chi connectivity index (χ0) is 16.5. The van der Waals surface area contributed by atoms with E-state index in [1.165, 1.54) is 12.1 Å². The van der Waals surface area contributed by atoms with Crippen LogP contribution in [0, 0.1) is 0 Å². The molecule has 0 radical (unpaired) electrons. The molecule has 0 fully saturated rings. The Hall–Kier alpha value is -2.00. The van der Waals surface area contributed by atoms with Crippen LogP contribution in [0.15, 0.2) is 12.1 Å². The van der Waals surface area contributed by atoms with E-state index in [4.69, 9.17) is 19.7 Å². The lowest BCUT2D eigenvalue weighted by Crippen LogP contribution is -2.15. The van der Waals surface area contributed by atoms with Crippen molar-refractivity contribution in [2.45, 2.75) is 13.2 Å². The fourth-order valence-corrected chi connectivity index (χ4v) is 1.92. The number of hydrogen-bond acceptors (Lipinski definition) is 6. The average molecular weight is 314 g/mol. The molecule has 0 atom stereocenters. The summed E-state index contributed by atoms with van der Waals surface area (Å²) < 4.78 is 10.2. The standard InChI is InChI=1S/C14H18O8/c15-3-5-21-7-9-1-2-10(13(17)18)11(8-22-6-4-16)12(9)14(19)20/h1-2,15-16H,3-8H2,(H,17,18)(H,19,20). The minimum atomic E-state index is -1.30. The fourth-order valence-electron chi connectivity index (χ4n) is 1.92. The molecule has 4 N–H and O–H groups in total. The summed E-state index contributed by atoms with van der Waals surface area (Å²) in [5.41, 5.74) is -0.0795. The maximum Gasteiger partial charge on any atom is 0.336 e. The van der Waals surface area contributed by atoms with Gasteiger partial charge in [0.1, 0.15) is 0 Å². The van der Waals surface area contributed by atoms with Crippen LogP contribution >= 0.6 is 0 Å². The van der Waals surface area contributed by atoms with Gasteiger partial charge in [0.25, 0.3) is 0 Å². The van der Waals surface area contributed by atoms with Gasteiger partial charge in [0.2, 0.25) is 0 Å². The highest BCUT2D eigenvalue weighted by Gasteiger charge is 2.22. The van der Waals surface area contributed by atoms with Gasteiger partial charge in [-0.15, -0.1) is 0 Å². The van der Waals surface area contributed by atoms with Crippen LogP contribution in [0.4, 0.5) is 0 Å². The Kier molecular flexibility index (Phi) is 7.47. The van der Waals surface area contributed by atoms with Crippen molar-refractivity contribution < 1.29 is 39.5 Å². The highest BCUT2D eigenvalue weighted by molar-refractivity contribution is 5.97. The Morgan fingerprint density at radius 2 is 1.50 bits per heavy atom. The molecule has 1 aromatic carbocycles. The molecule has 22 heavy (non-hydrogen) atoms. The lowest BCUT2D eigenvalue weighted by molar-refractivity contribution is 0.0634. The molecular formula is C14H18O8. The van der Waals surface area contributed by atoms with Gasteiger partial charge in [-0.1, -0.05) is 6.07 Å². The van der Waals surface area contributed by atoms with Crippen molar-refractivity contribution in [1.82, 2.24) is 0 Å². The summed E-state index contributed by atoms with van der Waals surface area (Å²) in [4.78, 5) is 22.7. The highest BCUT2D eigenvalue weighted by atomic mass is 16.5. The monoisotopic (exact) mass is 314 g/mol. The molecule has 0 unspecified atom stereocenters. The van der Waals surface area contributed by atoms with Crippen LogP contribution in [-0.4, -0.2) is 58.8 Å². The van der Waals surface area contributed by atoms with Crippen LogP contribution in [0.1, 0.15) is 31.8 Å². The van der Waals surface area contributed by atoms with Crippen LogP contribution in [-0.2, 0) is 22.7 Å². The van der Waals surface area contributed by atoms with Crippen molar-refractivity contribution in [1.29, 1.82) is 0 Å². The third kappa shape index (κ3) is 4.78. The van der Waals surface area contributed by atoms with Gasteiger partial charge in [-0.3, -0.25) is 0 Å². The molecule has 1 rings (SSSR count). The molecule has 0 saturated heterocycles. The second kappa shape index (κ2) is 9.11.